The van der Waals surface area contributed by atoms with Crippen LogP contribution in [0.25, 0.3) is 0 Å². The maximum atomic E-state index is 12.4. The zero-order valence-electron chi connectivity index (χ0n) is 16.4. The summed E-state index contributed by atoms with van der Waals surface area (Å²) in [5.41, 5.74) is 0. The summed E-state index contributed by atoms with van der Waals surface area (Å²) in [6.45, 7) is 8.04. The summed E-state index contributed by atoms with van der Waals surface area (Å²) in [6.07, 6.45) is 6.38. The van der Waals surface area contributed by atoms with Crippen LogP contribution in [-0.2, 0) is 28.4 Å². The number of unbranched alkanes of at least 4 members (excludes halogenated alkanes) is 2. The molecule has 1 N–H and O–H groups in total. The number of carbonyl (C=O) groups is 2. The van der Waals surface area contributed by atoms with Crippen molar-refractivity contribution in [2.75, 3.05) is 0 Å². The van der Waals surface area contributed by atoms with E-state index in [4.69, 9.17) is 14.7 Å². The molecule has 7 nitrogen and oxygen atoms in total. The van der Waals surface area contributed by atoms with Crippen molar-refractivity contribution >= 4 is 24.0 Å². The van der Waals surface area contributed by atoms with Gasteiger partial charge in [-0.3, -0.25) is 9.59 Å². The van der Waals surface area contributed by atoms with Gasteiger partial charge in [0, 0.05) is 0 Å². The van der Waals surface area contributed by atoms with E-state index in [1.807, 2.05) is 13.8 Å². The highest BCUT2D eigenvalue weighted by atomic mass is 32.2. The first-order chi connectivity index (χ1) is 12.5. The molecular formula is C18H34O7S. The zero-order chi connectivity index (χ0) is 19.8. The molecule has 0 aliphatic heterocycles. The molecule has 0 rings (SSSR count). The summed E-state index contributed by atoms with van der Waals surface area (Å²) in [6, 6.07) is 0. The quantitative estimate of drug-likeness (QED) is 0.172. The second-order valence-corrected chi connectivity index (χ2v) is 7.10. The van der Waals surface area contributed by atoms with Crippen LogP contribution in [0.2, 0.25) is 0 Å². The van der Waals surface area contributed by atoms with E-state index in [1.54, 1.807) is 0 Å². The molecule has 3 unspecified atom stereocenters. The standard InChI is InChI=1S/C18H34O7S/c1-5-9-11-14(7-3)22-17(19)13-16(26-25-24-21)18(20)23-15(8-4)12-10-6-2/h14-16,21H,5-13H2,1-4H3. The molecule has 0 saturated carbocycles. The van der Waals surface area contributed by atoms with Gasteiger partial charge in [-0.15, -0.1) is 4.33 Å². The van der Waals surface area contributed by atoms with Crippen LogP contribution in [-0.4, -0.2) is 34.7 Å². The zero-order valence-corrected chi connectivity index (χ0v) is 17.2. The van der Waals surface area contributed by atoms with Gasteiger partial charge in [-0.25, -0.2) is 5.26 Å². The van der Waals surface area contributed by atoms with Crippen LogP contribution in [0.4, 0.5) is 0 Å². The first-order valence-electron chi connectivity index (χ1n) is 9.55. The molecular weight excluding hydrogens is 360 g/mol. The maximum absolute atomic E-state index is 12.4. The number of rotatable bonds is 16. The minimum atomic E-state index is -0.964. The molecule has 0 bridgehead atoms. The fourth-order valence-electron chi connectivity index (χ4n) is 2.40. The van der Waals surface area contributed by atoms with Gasteiger partial charge in [-0.05, 0) is 25.7 Å². The minimum absolute atomic E-state index is 0.160. The van der Waals surface area contributed by atoms with E-state index >= 15 is 0 Å². The SMILES string of the molecule is CCCCC(CC)OC(=O)CC(SOOO)C(=O)OC(CC)CCCC. The van der Waals surface area contributed by atoms with Gasteiger partial charge in [-0.2, -0.15) is 0 Å². The Kier molecular flexibility index (Phi) is 15.8. The minimum Gasteiger partial charge on any atom is -0.462 e. The van der Waals surface area contributed by atoms with Gasteiger partial charge in [0.2, 0.25) is 0 Å². The maximum Gasteiger partial charge on any atom is 0.322 e. The number of ether oxygens (including phenoxy) is 2. The summed E-state index contributed by atoms with van der Waals surface area (Å²) in [5.74, 6) is -1.07. The molecule has 0 aromatic carbocycles. The highest BCUT2D eigenvalue weighted by Gasteiger charge is 2.29. The van der Waals surface area contributed by atoms with Gasteiger partial charge in [0.15, 0.2) is 0 Å². The number of hydrogen-bond donors (Lipinski definition) is 1. The third-order valence-corrected chi connectivity index (χ3v) is 4.78. The van der Waals surface area contributed by atoms with Gasteiger partial charge in [0.25, 0.3) is 0 Å². The van der Waals surface area contributed by atoms with Crippen molar-refractivity contribution in [1.29, 1.82) is 0 Å². The van der Waals surface area contributed by atoms with Gasteiger partial charge in [0.1, 0.15) is 17.5 Å². The van der Waals surface area contributed by atoms with E-state index in [9.17, 15) is 9.59 Å². The summed E-state index contributed by atoms with van der Waals surface area (Å²) in [5, 5.41) is 10.9. The second kappa shape index (κ2) is 16.4. The predicted molar refractivity (Wildman–Crippen MR) is 100 cm³/mol. The molecule has 0 heterocycles. The van der Waals surface area contributed by atoms with Gasteiger partial charge < -0.3 is 9.47 Å². The van der Waals surface area contributed by atoms with E-state index in [2.05, 4.69) is 23.2 Å². The van der Waals surface area contributed by atoms with E-state index in [-0.39, 0.29) is 18.6 Å². The second-order valence-electron chi connectivity index (χ2n) is 6.20. The first kappa shape index (κ1) is 25.2. The summed E-state index contributed by atoms with van der Waals surface area (Å²) >= 11 is 0.539. The van der Waals surface area contributed by atoms with Crippen LogP contribution in [0.3, 0.4) is 0 Å². The molecule has 0 spiro atoms. The van der Waals surface area contributed by atoms with Crippen molar-refractivity contribution < 1.29 is 33.7 Å². The number of carbonyl (C=O) groups excluding carboxylic acids is 2. The van der Waals surface area contributed by atoms with E-state index in [0.29, 0.717) is 18.5 Å². The van der Waals surface area contributed by atoms with Crippen molar-refractivity contribution in [3.63, 3.8) is 0 Å². The molecule has 0 radical (unpaired) electrons. The first-order valence-corrected chi connectivity index (χ1v) is 10.4. The number of hydrogen-bond acceptors (Lipinski definition) is 8. The van der Waals surface area contributed by atoms with Crippen molar-refractivity contribution in [1.82, 2.24) is 0 Å². The Balaban J connectivity index is 4.69. The summed E-state index contributed by atoms with van der Waals surface area (Å²) < 4.78 is 15.3. The van der Waals surface area contributed by atoms with Crippen LogP contribution >= 0.6 is 12.0 Å². The Bertz CT molecular complexity index is 379. The molecule has 0 fully saturated rings. The monoisotopic (exact) mass is 394 g/mol. The van der Waals surface area contributed by atoms with Crippen molar-refractivity contribution in [2.24, 2.45) is 0 Å². The summed E-state index contributed by atoms with van der Waals surface area (Å²) in [4.78, 5) is 24.6. The van der Waals surface area contributed by atoms with Crippen LogP contribution in [0.5, 0.6) is 0 Å². The molecule has 3 atom stereocenters. The molecule has 0 aliphatic rings. The topological polar surface area (TPSA) is 91.3 Å². The van der Waals surface area contributed by atoms with E-state index in [1.165, 1.54) is 0 Å². The van der Waals surface area contributed by atoms with Crippen molar-refractivity contribution in [3.8, 4) is 0 Å². The molecule has 0 amide bonds. The Labute approximate surface area is 161 Å². The Morgan fingerprint density at radius 1 is 0.923 bits per heavy atom. The Morgan fingerprint density at radius 2 is 1.46 bits per heavy atom. The fourth-order valence-corrected chi connectivity index (χ4v) is 2.87. The van der Waals surface area contributed by atoms with Gasteiger partial charge >= 0.3 is 11.9 Å². The lowest BCUT2D eigenvalue weighted by molar-refractivity contribution is -0.432. The smallest absolute Gasteiger partial charge is 0.322 e. The van der Waals surface area contributed by atoms with E-state index < -0.39 is 17.2 Å². The predicted octanol–water partition coefficient (Wildman–Crippen LogP) is 4.84. The van der Waals surface area contributed by atoms with Crippen LogP contribution in [0, 0.1) is 0 Å². The average Bonchev–Trinajstić information content (AvgIpc) is 2.64. The van der Waals surface area contributed by atoms with E-state index in [0.717, 1.165) is 44.9 Å². The molecule has 26 heavy (non-hydrogen) atoms. The lowest BCUT2D eigenvalue weighted by atomic mass is 10.1. The third-order valence-electron chi connectivity index (χ3n) is 4.05. The third kappa shape index (κ3) is 11.7. The van der Waals surface area contributed by atoms with Crippen molar-refractivity contribution in [2.45, 2.75) is 103 Å². The molecule has 8 heteroatoms. The van der Waals surface area contributed by atoms with Crippen LogP contribution in [0.1, 0.15) is 85.5 Å². The Morgan fingerprint density at radius 3 is 1.92 bits per heavy atom. The molecule has 0 aliphatic carbocycles. The largest absolute Gasteiger partial charge is 0.462 e. The average molecular weight is 395 g/mol. The lowest BCUT2D eigenvalue weighted by Crippen LogP contribution is -2.30. The summed E-state index contributed by atoms with van der Waals surface area (Å²) in [7, 11) is 0. The highest BCUT2D eigenvalue weighted by Crippen LogP contribution is 2.22. The highest BCUT2D eigenvalue weighted by molar-refractivity contribution is 7.95. The normalized spacial score (nSPS) is 14.5. The molecule has 154 valence electrons. The number of esters is 2. The van der Waals surface area contributed by atoms with Crippen LogP contribution < -0.4 is 0 Å². The lowest BCUT2D eigenvalue weighted by Gasteiger charge is -2.20. The van der Waals surface area contributed by atoms with Gasteiger partial charge in [-0.1, -0.05) is 58.4 Å². The van der Waals surface area contributed by atoms with Crippen LogP contribution in [0.15, 0.2) is 0 Å². The molecule has 0 saturated heterocycles. The molecule has 0 aromatic heterocycles. The molecule has 0 aromatic rings. The fraction of sp³-hybridized carbons (Fsp3) is 0.889. The Hall–Kier alpha value is -0.830. The van der Waals surface area contributed by atoms with Gasteiger partial charge in [0.05, 0.1) is 18.5 Å². The van der Waals surface area contributed by atoms with Crippen molar-refractivity contribution in [3.05, 3.63) is 0 Å².